The predicted molar refractivity (Wildman–Crippen MR) is 68.9 cm³/mol. The molecule has 1 atom stereocenters. The van der Waals surface area contributed by atoms with Crippen LogP contribution in [0, 0.1) is 12.7 Å². The summed E-state index contributed by atoms with van der Waals surface area (Å²) in [5.74, 6) is 5.65. The first-order valence-electron chi connectivity index (χ1n) is 5.75. The summed E-state index contributed by atoms with van der Waals surface area (Å²) in [4.78, 5) is 0. The second-order valence-electron chi connectivity index (χ2n) is 4.10. The van der Waals surface area contributed by atoms with E-state index in [0.29, 0.717) is 11.6 Å². The van der Waals surface area contributed by atoms with Gasteiger partial charge in [-0.2, -0.15) is 0 Å². The van der Waals surface area contributed by atoms with Gasteiger partial charge in [0, 0.05) is 6.07 Å². The van der Waals surface area contributed by atoms with Gasteiger partial charge in [0.15, 0.2) is 0 Å². The van der Waals surface area contributed by atoms with E-state index in [1.807, 2.05) is 6.92 Å². The minimum absolute atomic E-state index is 0.317. The van der Waals surface area contributed by atoms with Crippen LogP contribution in [0.1, 0.15) is 22.9 Å². The van der Waals surface area contributed by atoms with Crippen LogP contribution in [0.3, 0.4) is 0 Å². The number of nitrogens with one attached hydrogen (secondary N) is 1. The Morgan fingerprint density at radius 3 is 2.63 bits per heavy atom. The van der Waals surface area contributed by atoms with Gasteiger partial charge in [0.05, 0.1) is 18.8 Å². The predicted octanol–water partition coefficient (Wildman–Crippen LogP) is 1.49. The minimum atomic E-state index is -0.422. The molecular formula is C13H15FN4O. The van der Waals surface area contributed by atoms with Gasteiger partial charge in [-0.15, -0.1) is 10.2 Å². The van der Waals surface area contributed by atoms with Gasteiger partial charge in [-0.05, 0) is 36.2 Å². The molecule has 0 amide bonds. The molecule has 0 fully saturated rings. The Balaban J connectivity index is 2.40. The average Bonchev–Trinajstić information content (AvgIpc) is 2.44. The van der Waals surface area contributed by atoms with Gasteiger partial charge >= 0.3 is 0 Å². The van der Waals surface area contributed by atoms with Crippen LogP contribution in [0.2, 0.25) is 0 Å². The van der Waals surface area contributed by atoms with Crippen LogP contribution in [0.4, 0.5) is 4.39 Å². The van der Waals surface area contributed by atoms with E-state index in [4.69, 9.17) is 10.6 Å². The normalized spacial score (nSPS) is 12.2. The molecule has 1 unspecified atom stereocenters. The van der Waals surface area contributed by atoms with Crippen LogP contribution in [-0.2, 0) is 0 Å². The van der Waals surface area contributed by atoms with E-state index in [-0.39, 0.29) is 5.82 Å². The molecule has 0 aliphatic heterocycles. The lowest BCUT2D eigenvalue weighted by atomic mass is 9.99. The Morgan fingerprint density at radius 1 is 1.26 bits per heavy atom. The lowest BCUT2D eigenvalue weighted by Crippen LogP contribution is -2.30. The topological polar surface area (TPSA) is 73.1 Å². The fourth-order valence-electron chi connectivity index (χ4n) is 1.85. The van der Waals surface area contributed by atoms with Crippen molar-refractivity contribution in [2.75, 3.05) is 7.11 Å². The quantitative estimate of drug-likeness (QED) is 0.645. The first-order chi connectivity index (χ1) is 9.15. The fourth-order valence-corrected chi connectivity index (χ4v) is 1.85. The van der Waals surface area contributed by atoms with Crippen LogP contribution in [0.25, 0.3) is 0 Å². The Labute approximate surface area is 110 Å². The summed E-state index contributed by atoms with van der Waals surface area (Å²) < 4.78 is 18.3. The molecule has 0 bridgehead atoms. The third-order valence-electron chi connectivity index (χ3n) is 2.88. The molecule has 0 saturated carbocycles. The maximum atomic E-state index is 13.4. The molecule has 1 heterocycles. The van der Waals surface area contributed by atoms with Crippen molar-refractivity contribution in [2.24, 2.45) is 5.84 Å². The molecule has 2 aromatic rings. The summed E-state index contributed by atoms with van der Waals surface area (Å²) in [7, 11) is 1.51. The maximum Gasteiger partial charge on any atom is 0.233 e. The van der Waals surface area contributed by atoms with Crippen LogP contribution >= 0.6 is 0 Å². The van der Waals surface area contributed by atoms with Gasteiger partial charge in [0.25, 0.3) is 0 Å². The molecule has 19 heavy (non-hydrogen) atoms. The highest BCUT2D eigenvalue weighted by atomic mass is 19.1. The van der Waals surface area contributed by atoms with E-state index in [1.165, 1.54) is 19.2 Å². The number of hydrogen-bond acceptors (Lipinski definition) is 5. The first kappa shape index (κ1) is 13.4. The molecule has 0 aliphatic rings. The zero-order valence-electron chi connectivity index (χ0n) is 10.7. The van der Waals surface area contributed by atoms with Gasteiger partial charge in [-0.25, -0.2) is 9.82 Å². The molecular weight excluding hydrogens is 247 g/mol. The van der Waals surface area contributed by atoms with E-state index in [9.17, 15) is 4.39 Å². The number of nitrogens with two attached hydrogens (primary N) is 1. The van der Waals surface area contributed by atoms with Crippen molar-refractivity contribution >= 4 is 0 Å². The van der Waals surface area contributed by atoms with Gasteiger partial charge in [0.2, 0.25) is 5.88 Å². The number of halogens is 1. The van der Waals surface area contributed by atoms with Gasteiger partial charge < -0.3 is 4.74 Å². The average molecular weight is 262 g/mol. The number of methoxy groups -OCH3 is 1. The van der Waals surface area contributed by atoms with Crippen molar-refractivity contribution < 1.29 is 9.13 Å². The summed E-state index contributed by atoms with van der Waals surface area (Å²) in [6, 6.07) is 7.54. The maximum absolute atomic E-state index is 13.4. The zero-order chi connectivity index (χ0) is 13.8. The monoisotopic (exact) mass is 262 g/mol. The molecule has 0 saturated heterocycles. The second-order valence-corrected chi connectivity index (χ2v) is 4.10. The Morgan fingerprint density at radius 2 is 2.05 bits per heavy atom. The van der Waals surface area contributed by atoms with E-state index in [1.54, 1.807) is 18.2 Å². The molecule has 3 N–H and O–H groups in total. The summed E-state index contributed by atoms with van der Waals surface area (Å²) in [6.45, 7) is 1.88. The third-order valence-corrected chi connectivity index (χ3v) is 2.88. The van der Waals surface area contributed by atoms with Crippen molar-refractivity contribution in [2.45, 2.75) is 13.0 Å². The number of hydrogen-bond donors (Lipinski definition) is 2. The third kappa shape index (κ3) is 2.86. The van der Waals surface area contributed by atoms with Crippen LogP contribution in [-0.4, -0.2) is 17.3 Å². The molecule has 5 nitrogen and oxygen atoms in total. The lowest BCUT2D eigenvalue weighted by molar-refractivity contribution is 0.390. The van der Waals surface area contributed by atoms with Crippen molar-refractivity contribution in [3.63, 3.8) is 0 Å². The Bertz CT molecular complexity index is 559. The number of hydrazine groups is 1. The van der Waals surface area contributed by atoms with Gasteiger partial charge in [-0.1, -0.05) is 6.07 Å². The van der Waals surface area contributed by atoms with Gasteiger partial charge in [-0.3, -0.25) is 5.84 Å². The number of nitrogens with zero attached hydrogens (tertiary/aromatic N) is 2. The van der Waals surface area contributed by atoms with E-state index in [2.05, 4.69) is 15.6 Å². The molecule has 6 heteroatoms. The second kappa shape index (κ2) is 5.73. The molecule has 100 valence electrons. The Hall–Kier alpha value is -2.05. The molecule has 0 spiro atoms. The smallest absolute Gasteiger partial charge is 0.233 e. The standard InChI is InChI=1S/C13H15FN4O/c1-8-3-4-9(14)7-10(8)13(16-15)11-5-6-12(19-2)18-17-11/h3-7,13,16H,15H2,1-2H3. The summed E-state index contributed by atoms with van der Waals surface area (Å²) in [5.41, 5.74) is 4.87. The SMILES string of the molecule is COc1ccc(C(NN)c2cc(F)ccc2C)nn1. The molecule has 1 aromatic carbocycles. The van der Waals surface area contributed by atoms with Crippen LogP contribution in [0.5, 0.6) is 5.88 Å². The largest absolute Gasteiger partial charge is 0.480 e. The summed E-state index contributed by atoms with van der Waals surface area (Å²) in [5, 5.41) is 7.91. The number of aromatic nitrogens is 2. The van der Waals surface area contributed by atoms with E-state index in [0.717, 1.165) is 11.1 Å². The fraction of sp³-hybridized carbons (Fsp3) is 0.231. The first-order valence-corrected chi connectivity index (χ1v) is 5.75. The Kier molecular flexibility index (Phi) is 4.03. The highest BCUT2D eigenvalue weighted by Crippen LogP contribution is 2.24. The van der Waals surface area contributed by atoms with Crippen molar-refractivity contribution in [3.8, 4) is 5.88 Å². The number of ether oxygens (including phenoxy) is 1. The summed E-state index contributed by atoms with van der Waals surface area (Å²) >= 11 is 0. The number of aryl methyl sites for hydroxylation is 1. The molecule has 0 aliphatic carbocycles. The molecule has 1 aromatic heterocycles. The lowest BCUT2D eigenvalue weighted by Gasteiger charge is -2.17. The minimum Gasteiger partial charge on any atom is -0.480 e. The van der Waals surface area contributed by atoms with E-state index >= 15 is 0 Å². The molecule has 0 radical (unpaired) electrons. The van der Waals surface area contributed by atoms with Crippen molar-refractivity contribution in [1.82, 2.24) is 15.6 Å². The number of rotatable bonds is 4. The number of benzene rings is 1. The van der Waals surface area contributed by atoms with Gasteiger partial charge in [0.1, 0.15) is 5.82 Å². The van der Waals surface area contributed by atoms with Crippen molar-refractivity contribution in [1.29, 1.82) is 0 Å². The van der Waals surface area contributed by atoms with Crippen LogP contribution < -0.4 is 16.0 Å². The highest BCUT2D eigenvalue weighted by Gasteiger charge is 2.17. The zero-order valence-corrected chi connectivity index (χ0v) is 10.7. The summed E-state index contributed by atoms with van der Waals surface area (Å²) in [6.07, 6.45) is 0. The van der Waals surface area contributed by atoms with E-state index < -0.39 is 6.04 Å². The van der Waals surface area contributed by atoms with Crippen molar-refractivity contribution in [3.05, 3.63) is 53.0 Å². The molecule has 2 rings (SSSR count). The van der Waals surface area contributed by atoms with Crippen LogP contribution in [0.15, 0.2) is 30.3 Å². The highest BCUT2D eigenvalue weighted by molar-refractivity contribution is 5.34.